The van der Waals surface area contributed by atoms with Crippen LogP contribution in [0.5, 0.6) is 0 Å². The molecular formula is C6H6N6O2. The summed E-state index contributed by atoms with van der Waals surface area (Å²) in [5.74, 6) is -0.0405. The third-order valence-electron chi connectivity index (χ3n) is 1.51. The molecule has 72 valence electrons. The lowest BCUT2D eigenvalue weighted by atomic mass is 10.6. The molecule has 0 amide bonds. The number of rotatable bonds is 1. The third-order valence-corrected chi connectivity index (χ3v) is 1.51. The van der Waals surface area contributed by atoms with Gasteiger partial charge in [0.1, 0.15) is 0 Å². The largest absolute Gasteiger partial charge is 0.396 e. The minimum absolute atomic E-state index is 0.0405. The Morgan fingerprint density at radius 1 is 1.43 bits per heavy atom. The van der Waals surface area contributed by atoms with Gasteiger partial charge < -0.3 is 5.73 Å². The van der Waals surface area contributed by atoms with Crippen LogP contribution in [0.4, 0.5) is 5.69 Å². The molecule has 0 fully saturated rings. The summed E-state index contributed by atoms with van der Waals surface area (Å²) in [6.07, 6.45) is 2.78. The van der Waals surface area contributed by atoms with Crippen molar-refractivity contribution in [3.05, 3.63) is 33.2 Å². The highest BCUT2D eigenvalue weighted by Gasteiger charge is 2.05. The van der Waals surface area contributed by atoms with E-state index in [0.717, 1.165) is 0 Å². The second kappa shape index (κ2) is 2.83. The van der Waals surface area contributed by atoms with Gasteiger partial charge in [-0.05, 0) is 0 Å². The molecule has 2 heterocycles. The Labute approximate surface area is 76.4 Å². The quantitative estimate of drug-likeness (QED) is 0.495. The van der Waals surface area contributed by atoms with Crippen molar-refractivity contribution in [3.8, 4) is 5.82 Å². The van der Waals surface area contributed by atoms with Crippen LogP contribution in [0.15, 0.2) is 22.0 Å². The average molecular weight is 194 g/mol. The molecule has 4 N–H and O–H groups in total. The van der Waals surface area contributed by atoms with Gasteiger partial charge in [-0.3, -0.25) is 9.78 Å². The van der Waals surface area contributed by atoms with Crippen molar-refractivity contribution in [1.29, 1.82) is 0 Å². The summed E-state index contributed by atoms with van der Waals surface area (Å²) >= 11 is 0. The number of hydrogen-bond acceptors (Lipinski definition) is 5. The van der Waals surface area contributed by atoms with Crippen LogP contribution in [-0.2, 0) is 0 Å². The fourth-order valence-corrected chi connectivity index (χ4v) is 0.949. The standard InChI is InChI=1S/C6H6N6O2/c7-3-1-8-12(2-3)4-5(13)9-6(14)11-10-4/h1-2H,7H2,(H2,9,11,13,14). The van der Waals surface area contributed by atoms with Gasteiger partial charge in [0.15, 0.2) is 0 Å². The molecule has 0 spiro atoms. The number of anilines is 1. The highest BCUT2D eigenvalue weighted by molar-refractivity contribution is 5.33. The minimum Gasteiger partial charge on any atom is -0.396 e. The van der Waals surface area contributed by atoms with E-state index < -0.39 is 11.2 Å². The smallest absolute Gasteiger partial charge is 0.342 e. The normalized spacial score (nSPS) is 10.3. The zero-order chi connectivity index (χ0) is 10.1. The second-order valence-corrected chi connectivity index (χ2v) is 2.55. The molecule has 0 saturated heterocycles. The Kier molecular flexibility index (Phi) is 1.67. The molecule has 0 saturated carbocycles. The molecule has 0 aromatic carbocycles. The molecule has 2 rings (SSSR count). The van der Waals surface area contributed by atoms with E-state index in [1.807, 2.05) is 4.98 Å². The Bertz CT molecular complexity index is 564. The lowest BCUT2D eigenvalue weighted by Gasteiger charge is -1.95. The average Bonchev–Trinajstić information content (AvgIpc) is 2.51. The predicted molar refractivity (Wildman–Crippen MR) is 47.0 cm³/mol. The summed E-state index contributed by atoms with van der Waals surface area (Å²) in [5, 5.41) is 9.37. The number of nitrogens with one attached hydrogen (secondary N) is 2. The van der Waals surface area contributed by atoms with Gasteiger partial charge in [-0.25, -0.2) is 14.6 Å². The van der Waals surface area contributed by atoms with Gasteiger partial charge >= 0.3 is 5.69 Å². The summed E-state index contributed by atoms with van der Waals surface area (Å²) in [4.78, 5) is 23.9. The fraction of sp³-hybridized carbons (Fsp3) is 0. The monoisotopic (exact) mass is 194 g/mol. The summed E-state index contributed by atoms with van der Waals surface area (Å²) < 4.78 is 1.17. The zero-order valence-electron chi connectivity index (χ0n) is 6.89. The zero-order valence-corrected chi connectivity index (χ0v) is 6.89. The number of nitrogens with zero attached hydrogens (tertiary/aromatic N) is 3. The SMILES string of the molecule is Nc1cnn(-c2n[nH]c(=O)[nH]c2=O)c1. The van der Waals surface area contributed by atoms with E-state index in [-0.39, 0.29) is 5.82 Å². The molecule has 8 nitrogen and oxygen atoms in total. The van der Waals surface area contributed by atoms with Crippen molar-refractivity contribution in [2.45, 2.75) is 0 Å². The maximum absolute atomic E-state index is 11.2. The molecule has 2 aromatic heterocycles. The molecule has 14 heavy (non-hydrogen) atoms. The molecule has 0 bridgehead atoms. The van der Waals surface area contributed by atoms with Crippen LogP contribution >= 0.6 is 0 Å². The van der Waals surface area contributed by atoms with Crippen LogP contribution in [0, 0.1) is 0 Å². The van der Waals surface area contributed by atoms with Crippen LogP contribution in [0.25, 0.3) is 5.82 Å². The van der Waals surface area contributed by atoms with E-state index in [1.54, 1.807) is 0 Å². The predicted octanol–water partition coefficient (Wildman–Crippen LogP) is -1.77. The van der Waals surface area contributed by atoms with Crippen LogP contribution in [0.2, 0.25) is 0 Å². The first kappa shape index (κ1) is 8.23. The summed E-state index contributed by atoms with van der Waals surface area (Å²) in [6.45, 7) is 0. The van der Waals surface area contributed by atoms with Crippen LogP contribution < -0.4 is 17.0 Å². The maximum Gasteiger partial charge on any atom is 0.342 e. The first-order valence-corrected chi connectivity index (χ1v) is 3.66. The minimum atomic E-state index is -0.668. The van der Waals surface area contributed by atoms with Gasteiger partial charge in [-0.2, -0.15) is 5.10 Å². The van der Waals surface area contributed by atoms with Crippen molar-refractivity contribution < 1.29 is 0 Å². The molecule has 0 aliphatic carbocycles. The van der Waals surface area contributed by atoms with Crippen molar-refractivity contribution >= 4 is 5.69 Å². The number of aromatic nitrogens is 5. The lowest BCUT2D eigenvalue weighted by molar-refractivity contribution is 0.766. The number of aromatic amines is 2. The lowest BCUT2D eigenvalue weighted by Crippen LogP contribution is -2.28. The molecule has 0 aliphatic rings. The van der Waals surface area contributed by atoms with E-state index in [2.05, 4.69) is 15.3 Å². The fourth-order valence-electron chi connectivity index (χ4n) is 0.949. The highest BCUT2D eigenvalue weighted by Crippen LogP contribution is 2.00. The Hall–Kier alpha value is -2.38. The second-order valence-electron chi connectivity index (χ2n) is 2.55. The highest BCUT2D eigenvalue weighted by atomic mass is 16.2. The molecular weight excluding hydrogens is 188 g/mol. The summed E-state index contributed by atoms with van der Waals surface area (Å²) in [6, 6.07) is 0. The Morgan fingerprint density at radius 3 is 2.79 bits per heavy atom. The maximum atomic E-state index is 11.2. The van der Waals surface area contributed by atoms with E-state index in [4.69, 9.17) is 5.73 Å². The number of nitrogen functional groups attached to an aromatic ring is 1. The first-order valence-electron chi connectivity index (χ1n) is 3.66. The van der Waals surface area contributed by atoms with Crippen LogP contribution in [-0.4, -0.2) is 25.0 Å². The van der Waals surface area contributed by atoms with Gasteiger partial charge in [0.25, 0.3) is 5.56 Å². The van der Waals surface area contributed by atoms with Crippen molar-refractivity contribution in [1.82, 2.24) is 25.0 Å². The number of hydrogen-bond donors (Lipinski definition) is 3. The van der Waals surface area contributed by atoms with Gasteiger partial charge in [0, 0.05) is 0 Å². The molecule has 0 atom stereocenters. The van der Waals surface area contributed by atoms with Gasteiger partial charge in [0.05, 0.1) is 18.1 Å². The Balaban J connectivity index is 2.63. The van der Waals surface area contributed by atoms with Crippen molar-refractivity contribution in [2.24, 2.45) is 0 Å². The van der Waals surface area contributed by atoms with Crippen LogP contribution in [0.1, 0.15) is 0 Å². The molecule has 8 heteroatoms. The molecule has 2 aromatic rings. The number of H-pyrrole nitrogens is 2. The van der Waals surface area contributed by atoms with E-state index in [9.17, 15) is 9.59 Å². The molecule has 0 radical (unpaired) electrons. The van der Waals surface area contributed by atoms with Crippen LogP contribution in [0.3, 0.4) is 0 Å². The van der Waals surface area contributed by atoms with E-state index in [0.29, 0.717) is 5.69 Å². The third kappa shape index (κ3) is 1.28. The Morgan fingerprint density at radius 2 is 2.21 bits per heavy atom. The summed E-state index contributed by atoms with van der Waals surface area (Å²) in [5.41, 5.74) is 4.51. The van der Waals surface area contributed by atoms with Crippen molar-refractivity contribution in [3.63, 3.8) is 0 Å². The van der Waals surface area contributed by atoms with Gasteiger partial charge in [0.2, 0.25) is 5.82 Å². The van der Waals surface area contributed by atoms with Crippen molar-refractivity contribution in [2.75, 3.05) is 5.73 Å². The van der Waals surface area contributed by atoms with Gasteiger partial charge in [-0.1, -0.05) is 0 Å². The first-order chi connectivity index (χ1) is 6.66. The number of nitrogens with two attached hydrogens (primary N) is 1. The topological polar surface area (TPSA) is 122 Å². The summed E-state index contributed by atoms with van der Waals surface area (Å²) in [7, 11) is 0. The van der Waals surface area contributed by atoms with Gasteiger partial charge in [-0.15, -0.1) is 5.10 Å². The molecule has 0 unspecified atom stereocenters. The van der Waals surface area contributed by atoms with E-state index in [1.165, 1.54) is 17.1 Å². The molecule has 0 aliphatic heterocycles. The van der Waals surface area contributed by atoms with E-state index >= 15 is 0 Å².